The van der Waals surface area contributed by atoms with E-state index in [1.54, 1.807) is 0 Å². The normalized spacial score (nSPS) is 12.4. The van der Waals surface area contributed by atoms with Crippen molar-refractivity contribution in [3.05, 3.63) is 22.4 Å². The minimum atomic E-state index is 0.0236. The minimum Gasteiger partial charge on any atom is -0.348 e. The summed E-state index contributed by atoms with van der Waals surface area (Å²) in [5.41, 5.74) is 0.731. The maximum atomic E-state index is 12.2. The van der Waals surface area contributed by atoms with E-state index >= 15 is 0 Å². The highest BCUT2D eigenvalue weighted by Crippen LogP contribution is 2.15. The van der Waals surface area contributed by atoms with Crippen molar-refractivity contribution in [1.29, 1.82) is 0 Å². The Morgan fingerprint density at radius 1 is 1.37 bits per heavy atom. The lowest BCUT2D eigenvalue weighted by molar-refractivity contribution is 0.0928. The smallest absolute Gasteiger partial charge is 0.268 e. The summed E-state index contributed by atoms with van der Waals surface area (Å²) in [7, 11) is 0. The highest BCUT2D eigenvalue weighted by atomic mass is 79.9. The Hall–Kier alpha value is -0.770. The summed E-state index contributed by atoms with van der Waals surface area (Å²) in [6.07, 6.45) is 7.98. The highest BCUT2D eigenvalue weighted by molar-refractivity contribution is 9.10. The molecule has 1 N–H and O–H groups in total. The molecule has 0 saturated carbocycles. The molecule has 19 heavy (non-hydrogen) atoms. The molecule has 4 heteroatoms. The molecule has 0 aromatic carbocycles. The molecule has 1 heterocycles. The van der Waals surface area contributed by atoms with E-state index in [0.717, 1.165) is 23.1 Å². The first-order chi connectivity index (χ1) is 9.08. The van der Waals surface area contributed by atoms with Crippen molar-refractivity contribution in [2.75, 3.05) is 0 Å². The number of amides is 1. The van der Waals surface area contributed by atoms with Crippen LogP contribution in [0.25, 0.3) is 0 Å². The molecule has 0 spiro atoms. The van der Waals surface area contributed by atoms with E-state index in [9.17, 15) is 4.79 Å². The maximum absolute atomic E-state index is 12.2. The van der Waals surface area contributed by atoms with Gasteiger partial charge in [-0.3, -0.25) is 4.79 Å². The third-order valence-corrected chi connectivity index (χ3v) is 3.74. The summed E-state index contributed by atoms with van der Waals surface area (Å²) >= 11 is 3.42. The molecule has 0 fully saturated rings. The first kappa shape index (κ1) is 16.3. The van der Waals surface area contributed by atoms with Crippen molar-refractivity contribution in [1.82, 2.24) is 9.88 Å². The van der Waals surface area contributed by atoms with E-state index in [1.807, 2.05) is 23.8 Å². The second-order valence-electron chi connectivity index (χ2n) is 5.05. The number of rotatable bonds is 8. The van der Waals surface area contributed by atoms with Crippen LogP contribution in [-0.2, 0) is 6.54 Å². The molecule has 1 aromatic rings. The molecule has 1 rings (SSSR count). The third kappa shape index (κ3) is 5.39. The monoisotopic (exact) mass is 328 g/mol. The zero-order valence-electron chi connectivity index (χ0n) is 12.2. The maximum Gasteiger partial charge on any atom is 0.268 e. The van der Waals surface area contributed by atoms with Crippen LogP contribution in [0.15, 0.2) is 16.7 Å². The number of unbranched alkanes of at least 4 members (excludes halogenated alkanes) is 3. The summed E-state index contributed by atoms with van der Waals surface area (Å²) in [5.74, 6) is 0.0236. The average molecular weight is 329 g/mol. The van der Waals surface area contributed by atoms with Gasteiger partial charge in [0, 0.05) is 23.3 Å². The second-order valence-corrected chi connectivity index (χ2v) is 5.97. The molecule has 0 radical (unpaired) electrons. The molecule has 0 aliphatic heterocycles. The zero-order valence-corrected chi connectivity index (χ0v) is 13.8. The Balaban J connectivity index is 2.45. The van der Waals surface area contributed by atoms with Crippen molar-refractivity contribution in [2.24, 2.45) is 0 Å². The van der Waals surface area contributed by atoms with Gasteiger partial charge in [0.15, 0.2) is 0 Å². The number of aromatic nitrogens is 1. The Morgan fingerprint density at radius 3 is 2.74 bits per heavy atom. The summed E-state index contributed by atoms with van der Waals surface area (Å²) in [5, 5.41) is 3.08. The van der Waals surface area contributed by atoms with Gasteiger partial charge in [-0.2, -0.15) is 0 Å². The van der Waals surface area contributed by atoms with Crippen LogP contribution in [0, 0.1) is 0 Å². The Kier molecular flexibility index (Phi) is 7.21. The van der Waals surface area contributed by atoms with E-state index in [2.05, 4.69) is 35.1 Å². The van der Waals surface area contributed by atoms with Crippen LogP contribution in [0.3, 0.4) is 0 Å². The molecule has 0 saturated heterocycles. The lowest BCUT2D eigenvalue weighted by Gasteiger charge is -2.14. The van der Waals surface area contributed by atoms with Gasteiger partial charge >= 0.3 is 0 Å². The average Bonchev–Trinajstić information content (AvgIpc) is 2.76. The summed E-state index contributed by atoms with van der Waals surface area (Å²) < 4.78 is 2.92. The molecule has 1 atom stereocenters. The van der Waals surface area contributed by atoms with E-state index in [-0.39, 0.29) is 11.9 Å². The molecule has 3 nitrogen and oxygen atoms in total. The highest BCUT2D eigenvalue weighted by Gasteiger charge is 2.14. The molecule has 1 aromatic heterocycles. The number of nitrogens with one attached hydrogen (secondary N) is 1. The van der Waals surface area contributed by atoms with Gasteiger partial charge in [0.1, 0.15) is 5.69 Å². The van der Waals surface area contributed by atoms with Gasteiger partial charge in [-0.1, -0.05) is 32.6 Å². The van der Waals surface area contributed by atoms with Crippen LogP contribution in [0.4, 0.5) is 0 Å². The fraction of sp³-hybridized carbons (Fsp3) is 0.667. The van der Waals surface area contributed by atoms with Crippen LogP contribution >= 0.6 is 15.9 Å². The number of carbonyl (C=O) groups is 1. The quantitative estimate of drug-likeness (QED) is 0.707. The molecule has 1 amide bonds. The standard InChI is InChI=1S/C15H25BrN2O/c1-4-6-7-8-9-12(3)17-15(19)14-10-13(16)11-18(14)5-2/h10-12H,4-9H2,1-3H3,(H,17,19). The number of hydrogen-bond acceptors (Lipinski definition) is 1. The Labute approximate surface area is 124 Å². The number of aryl methyl sites for hydroxylation is 1. The summed E-state index contributed by atoms with van der Waals surface area (Å²) in [4.78, 5) is 12.2. The van der Waals surface area contributed by atoms with E-state index in [4.69, 9.17) is 0 Å². The number of nitrogens with zero attached hydrogens (tertiary/aromatic N) is 1. The van der Waals surface area contributed by atoms with Crippen LogP contribution in [0.5, 0.6) is 0 Å². The summed E-state index contributed by atoms with van der Waals surface area (Å²) in [6, 6.07) is 2.12. The van der Waals surface area contributed by atoms with Crippen molar-refractivity contribution < 1.29 is 4.79 Å². The van der Waals surface area contributed by atoms with Crippen molar-refractivity contribution in [3.63, 3.8) is 0 Å². The zero-order chi connectivity index (χ0) is 14.3. The van der Waals surface area contributed by atoms with Crippen molar-refractivity contribution in [3.8, 4) is 0 Å². The summed E-state index contributed by atoms with van der Waals surface area (Å²) in [6.45, 7) is 7.14. The lowest BCUT2D eigenvalue weighted by Crippen LogP contribution is -2.33. The first-order valence-electron chi connectivity index (χ1n) is 7.25. The first-order valence-corrected chi connectivity index (χ1v) is 8.04. The molecular weight excluding hydrogens is 304 g/mol. The van der Waals surface area contributed by atoms with E-state index < -0.39 is 0 Å². The van der Waals surface area contributed by atoms with Crippen LogP contribution < -0.4 is 5.32 Å². The largest absolute Gasteiger partial charge is 0.348 e. The SMILES string of the molecule is CCCCCCC(C)NC(=O)c1cc(Br)cn1CC. The number of hydrogen-bond donors (Lipinski definition) is 1. The van der Waals surface area contributed by atoms with Gasteiger partial charge in [-0.25, -0.2) is 0 Å². The fourth-order valence-corrected chi connectivity index (χ4v) is 2.64. The van der Waals surface area contributed by atoms with Gasteiger partial charge in [0.25, 0.3) is 5.91 Å². The van der Waals surface area contributed by atoms with Gasteiger partial charge in [0.05, 0.1) is 0 Å². The van der Waals surface area contributed by atoms with Crippen LogP contribution in [0.1, 0.15) is 63.4 Å². The van der Waals surface area contributed by atoms with E-state index in [1.165, 1.54) is 25.7 Å². The third-order valence-electron chi connectivity index (χ3n) is 3.30. The Bertz CT molecular complexity index is 401. The van der Waals surface area contributed by atoms with Gasteiger partial charge in [-0.15, -0.1) is 0 Å². The van der Waals surface area contributed by atoms with Gasteiger partial charge < -0.3 is 9.88 Å². The molecule has 0 aliphatic carbocycles. The predicted octanol–water partition coefficient (Wildman–Crippen LogP) is 4.36. The van der Waals surface area contributed by atoms with Gasteiger partial charge in [0.2, 0.25) is 0 Å². The molecule has 0 aliphatic rings. The van der Waals surface area contributed by atoms with Crippen LogP contribution in [0.2, 0.25) is 0 Å². The molecule has 1 unspecified atom stereocenters. The Morgan fingerprint density at radius 2 is 2.11 bits per heavy atom. The fourth-order valence-electron chi connectivity index (χ4n) is 2.17. The van der Waals surface area contributed by atoms with Crippen LogP contribution in [-0.4, -0.2) is 16.5 Å². The van der Waals surface area contributed by atoms with E-state index in [0.29, 0.717) is 0 Å². The van der Waals surface area contributed by atoms with Crippen molar-refractivity contribution in [2.45, 2.75) is 65.5 Å². The number of halogens is 1. The van der Waals surface area contributed by atoms with Gasteiger partial charge in [-0.05, 0) is 42.3 Å². The molecular formula is C15H25BrN2O. The topological polar surface area (TPSA) is 34.0 Å². The lowest BCUT2D eigenvalue weighted by atomic mass is 10.1. The van der Waals surface area contributed by atoms with Crippen molar-refractivity contribution >= 4 is 21.8 Å². The predicted molar refractivity (Wildman–Crippen MR) is 83.5 cm³/mol. The second kappa shape index (κ2) is 8.41. The molecule has 108 valence electrons. The number of carbonyl (C=O) groups excluding carboxylic acids is 1. The minimum absolute atomic E-state index is 0.0236. The molecule has 0 bridgehead atoms.